The van der Waals surface area contributed by atoms with Crippen molar-refractivity contribution in [3.8, 4) is 23.8 Å². The van der Waals surface area contributed by atoms with Gasteiger partial charge in [0.15, 0.2) is 0 Å². The van der Waals surface area contributed by atoms with Crippen molar-refractivity contribution in [1.29, 1.82) is 0 Å². The third kappa shape index (κ3) is 4.68. The van der Waals surface area contributed by atoms with Crippen molar-refractivity contribution in [3.63, 3.8) is 0 Å². The second-order valence-corrected chi connectivity index (χ2v) is 4.31. The van der Waals surface area contributed by atoms with Crippen LogP contribution < -0.4 is 15.2 Å². The fraction of sp³-hybridized carbons (Fsp3) is 0.467. The van der Waals surface area contributed by atoms with Gasteiger partial charge in [-0.1, -0.05) is 6.07 Å². The van der Waals surface area contributed by atoms with Gasteiger partial charge in [-0.05, 0) is 31.4 Å². The van der Waals surface area contributed by atoms with Crippen LogP contribution in [0.1, 0.15) is 25.3 Å². The van der Waals surface area contributed by atoms with Gasteiger partial charge in [-0.15, -0.1) is 12.3 Å². The molecule has 0 saturated carbocycles. The molecule has 98 valence electrons. The molecule has 1 aromatic carbocycles. The summed E-state index contributed by atoms with van der Waals surface area (Å²) in [6.45, 7) is 2.59. The average Bonchev–Trinajstić information content (AvgIpc) is 2.35. The van der Waals surface area contributed by atoms with E-state index in [4.69, 9.17) is 21.6 Å². The Hall–Kier alpha value is -1.66. The van der Waals surface area contributed by atoms with E-state index in [-0.39, 0.29) is 6.04 Å². The maximum absolute atomic E-state index is 5.83. The minimum atomic E-state index is 0.103. The summed E-state index contributed by atoms with van der Waals surface area (Å²) in [6, 6.07) is 5.92. The van der Waals surface area contributed by atoms with E-state index in [1.165, 1.54) is 0 Å². The molecule has 3 nitrogen and oxygen atoms in total. The van der Waals surface area contributed by atoms with Crippen LogP contribution in [-0.2, 0) is 6.42 Å². The van der Waals surface area contributed by atoms with E-state index in [2.05, 4.69) is 5.92 Å². The molecule has 1 aromatic rings. The summed E-state index contributed by atoms with van der Waals surface area (Å²) in [7, 11) is 1.64. The number of ether oxygens (including phenoxy) is 2. The van der Waals surface area contributed by atoms with Gasteiger partial charge in [0.25, 0.3) is 0 Å². The highest BCUT2D eigenvalue weighted by atomic mass is 16.5. The van der Waals surface area contributed by atoms with E-state index < -0.39 is 0 Å². The van der Waals surface area contributed by atoms with Crippen molar-refractivity contribution in [3.05, 3.63) is 23.8 Å². The standard InChI is InChI=1S/C15H21NO2/c1-4-5-6-9-18-15-11-14(17-3)8-7-13(15)10-12(2)16/h1,7-8,11-12H,5-6,9-10,16H2,2-3H3. The summed E-state index contributed by atoms with van der Waals surface area (Å²) < 4.78 is 11.0. The number of hydrogen-bond donors (Lipinski definition) is 1. The first-order chi connectivity index (χ1) is 8.67. The molecule has 18 heavy (non-hydrogen) atoms. The molecule has 0 aromatic heterocycles. The monoisotopic (exact) mass is 247 g/mol. The minimum absolute atomic E-state index is 0.103. The lowest BCUT2D eigenvalue weighted by atomic mass is 10.1. The quantitative estimate of drug-likeness (QED) is 0.594. The summed E-state index contributed by atoms with van der Waals surface area (Å²) >= 11 is 0. The van der Waals surface area contributed by atoms with Crippen molar-refractivity contribution < 1.29 is 9.47 Å². The lowest BCUT2D eigenvalue weighted by Crippen LogP contribution is -2.18. The van der Waals surface area contributed by atoms with E-state index in [0.29, 0.717) is 6.61 Å². The van der Waals surface area contributed by atoms with Crippen LogP contribution in [0.2, 0.25) is 0 Å². The normalized spacial score (nSPS) is 11.7. The first-order valence-corrected chi connectivity index (χ1v) is 6.16. The maximum Gasteiger partial charge on any atom is 0.126 e. The van der Waals surface area contributed by atoms with Crippen LogP contribution in [0.25, 0.3) is 0 Å². The van der Waals surface area contributed by atoms with Crippen LogP contribution in [0.4, 0.5) is 0 Å². The van der Waals surface area contributed by atoms with E-state index in [0.717, 1.165) is 36.3 Å². The highest BCUT2D eigenvalue weighted by Gasteiger charge is 2.08. The topological polar surface area (TPSA) is 44.5 Å². The molecule has 0 aliphatic carbocycles. The average molecular weight is 247 g/mol. The van der Waals surface area contributed by atoms with Gasteiger partial charge in [-0.2, -0.15) is 0 Å². The van der Waals surface area contributed by atoms with Crippen molar-refractivity contribution in [1.82, 2.24) is 0 Å². The number of rotatable bonds is 7. The summed E-state index contributed by atoms with van der Waals surface area (Å²) in [5.41, 5.74) is 6.93. The molecule has 1 atom stereocenters. The Morgan fingerprint density at radius 3 is 2.83 bits per heavy atom. The minimum Gasteiger partial charge on any atom is -0.497 e. The molecule has 2 N–H and O–H groups in total. The highest BCUT2D eigenvalue weighted by Crippen LogP contribution is 2.26. The molecule has 0 radical (unpaired) electrons. The Bertz CT molecular complexity index is 407. The molecule has 1 unspecified atom stereocenters. The molecule has 0 aliphatic rings. The van der Waals surface area contributed by atoms with Crippen LogP contribution >= 0.6 is 0 Å². The molecule has 0 saturated heterocycles. The zero-order valence-electron chi connectivity index (χ0n) is 11.1. The first kappa shape index (κ1) is 14.4. The summed E-state index contributed by atoms with van der Waals surface area (Å²) in [4.78, 5) is 0. The SMILES string of the molecule is C#CCCCOc1cc(OC)ccc1CC(C)N. The molecule has 1 rings (SSSR count). The number of terminal acetylenes is 1. The third-order valence-corrected chi connectivity index (χ3v) is 2.54. The van der Waals surface area contributed by atoms with Gasteiger partial charge in [0.05, 0.1) is 13.7 Å². The van der Waals surface area contributed by atoms with Crippen molar-refractivity contribution in [2.24, 2.45) is 5.73 Å². The molecule has 3 heteroatoms. The van der Waals surface area contributed by atoms with Gasteiger partial charge < -0.3 is 15.2 Å². The molecule has 0 aliphatic heterocycles. The Morgan fingerprint density at radius 1 is 1.44 bits per heavy atom. The zero-order chi connectivity index (χ0) is 13.4. The van der Waals surface area contributed by atoms with Crippen molar-refractivity contribution in [2.75, 3.05) is 13.7 Å². The Labute approximate surface area is 109 Å². The van der Waals surface area contributed by atoms with Crippen LogP contribution in [0.15, 0.2) is 18.2 Å². The molecule has 0 fully saturated rings. The molecular weight excluding hydrogens is 226 g/mol. The van der Waals surface area contributed by atoms with Gasteiger partial charge in [0.2, 0.25) is 0 Å². The van der Waals surface area contributed by atoms with E-state index in [9.17, 15) is 0 Å². The maximum atomic E-state index is 5.83. The molecule has 0 heterocycles. The van der Waals surface area contributed by atoms with Gasteiger partial charge in [-0.25, -0.2) is 0 Å². The Morgan fingerprint density at radius 2 is 2.22 bits per heavy atom. The molecule has 0 spiro atoms. The van der Waals surface area contributed by atoms with E-state index in [1.807, 2.05) is 25.1 Å². The fourth-order valence-corrected chi connectivity index (χ4v) is 1.67. The van der Waals surface area contributed by atoms with Gasteiger partial charge in [-0.3, -0.25) is 0 Å². The van der Waals surface area contributed by atoms with E-state index >= 15 is 0 Å². The Balaban J connectivity index is 2.73. The van der Waals surface area contributed by atoms with Gasteiger partial charge >= 0.3 is 0 Å². The third-order valence-electron chi connectivity index (χ3n) is 2.54. The van der Waals surface area contributed by atoms with Crippen LogP contribution in [-0.4, -0.2) is 19.8 Å². The molecular formula is C15H21NO2. The summed E-state index contributed by atoms with van der Waals surface area (Å²) in [5.74, 6) is 4.22. The largest absolute Gasteiger partial charge is 0.497 e. The molecule has 0 amide bonds. The van der Waals surface area contributed by atoms with Gasteiger partial charge in [0, 0.05) is 18.5 Å². The van der Waals surface area contributed by atoms with Crippen LogP contribution in [0.5, 0.6) is 11.5 Å². The Kier molecular flexibility index (Phi) is 6.10. The smallest absolute Gasteiger partial charge is 0.126 e. The van der Waals surface area contributed by atoms with Crippen LogP contribution in [0.3, 0.4) is 0 Å². The summed E-state index contributed by atoms with van der Waals surface area (Å²) in [5, 5.41) is 0. The lowest BCUT2D eigenvalue weighted by molar-refractivity contribution is 0.306. The van der Waals surface area contributed by atoms with Crippen LogP contribution in [0, 0.1) is 12.3 Å². The van der Waals surface area contributed by atoms with Crippen molar-refractivity contribution >= 4 is 0 Å². The molecule has 0 bridgehead atoms. The zero-order valence-corrected chi connectivity index (χ0v) is 11.1. The lowest BCUT2D eigenvalue weighted by Gasteiger charge is -2.14. The predicted octanol–water partition coefficient (Wildman–Crippen LogP) is 2.38. The summed E-state index contributed by atoms with van der Waals surface area (Å²) in [6.07, 6.45) is 7.57. The highest BCUT2D eigenvalue weighted by molar-refractivity contribution is 5.41. The second kappa shape index (κ2) is 7.62. The predicted molar refractivity (Wildman–Crippen MR) is 73.9 cm³/mol. The second-order valence-electron chi connectivity index (χ2n) is 4.31. The number of nitrogens with two attached hydrogens (primary N) is 1. The van der Waals surface area contributed by atoms with Crippen molar-refractivity contribution in [2.45, 2.75) is 32.2 Å². The number of benzene rings is 1. The van der Waals surface area contributed by atoms with Gasteiger partial charge in [0.1, 0.15) is 11.5 Å². The fourth-order valence-electron chi connectivity index (χ4n) is 1.67. The number of hydrogen-bond acceptors (Lipinski definition) is 3. The van der Waals surface area contributed by atoms with E-state index in [1.54, 1.807) is 7.11 Å². The first-order valence-electron chi connectivity index (χ1n) is 6.16. The number of methoxy groups -OCH3 is 1. The number of unbranched alkanes of at least 4 members (excludes halogenated alkanes) is 1.